The summed E-state index contributed by atoms with van der Waals surface area (Å²) in [6, 6.07) is 12.5. The number of nitrogens with two attached hydrogens (primary N) is 1. The van der Waals surface area contributed by atoms with E-state index in [4.69, 9.17) is 5.73 Å². The van der Waals surface area contributed by atoms with Gasteiger partial charge < -0.3 is 11.1 Å². The fourth-order valence-corrected chi connectivity index (χ4v) is 3.95. The van der Waals surface area contributed by atoms with Crippen LogP contribution >= 0.6 is 0 Å². The molecule has 2 aromatic heterocycles. The number of carbonyl (C=O) groups excluding carboxylic acids is 1. The van der Waals surface area contributed by atoms with Gasteiger partial charge in [0.15, 0.2) is 0 Å². The lowest BCUT2D eigenvalue weighted by Crippen LogP contribution is -2.32. The minimum absolute atomic E-state index is 0.185. The Bertz CT molecular complexity index is 959. The lowest BCUT2D eigenvalue weighted by molar-refractivity contribution is 0.100. The van der Waals surface area contributed by atoms with Crippen LogP contribution in [0.25, 0.3) is 16.6 Å². The van der Waals surface area contributed by atoms with Gasteiger partial charge in [-0.1, -0.05) is 50.6 Å². The maximum Gasteiger partial charge on any atom is 0.252 e. The van der Waals surface area contributed by atoms with E-state index < -0.39 is 5.91 Å². The van der Waals surface area contributed by atoms with Crippen LogP contribution in [0.2, 0.25) is 0 Å². The van der Waals surface area contributed by atoms with Gasteiger partial charge in [0, 0.05) is 17.8 Å². The van der Waals surface area contributed by atoms with Crippen LogP contribution in [0.4, 0.5) is 5.69 Å². The number of primary amides is 1. The van der Waals surface area contributed by atoms with Crippen LogP contribution < -0.4 is 11.1 Å². The van der Waals surface area contributed by atoms with Gasteiger partial charge in [0.2, 0.25) is 0 Å². The number of hydrogen-bond acceptors (Lipinski definition) is 3. The van der Waals surface area contributed by atoms with Crippen LogP contribution in [0.15, 0.2) is 48.8 Å². The second-order valence-electron chi connectivity index (χ2n) is 7.80. The quantitative estimate of drug-likeness (QED) is 0.746. The van der Waals surface area contributed by atoms with Crippen LogP contribution in [0.5, 0.6) is 0 Å². The highest BCUT2D eigenvalue weighted by Crippen LogP contribution is 2.40. The first-order valence-electron chi connectivity index (χ1n) is 9.09. The molecule has 1 unspecified atom stereocenters. The number of fused-ring (bicyclic) bond motifs is 1. The number of nitrogens with one attached hydrogen (secondary N) is 1. The molecule has 0 aliphatic heterocycles. The van der Waals surface area contributed by atoms with Crippen molar-refractivity contribution in [1.29, 1.82) is 0 Å². The van der Waals surface area contributed by atoms with E-state index in [0.717, 1.165) is 28.8 Å². The Morgan fingerprint density at radius 3 is 2.69 bits per heavy atom. The Kier molecular flexibility index (Phi) is 3.94. The van der Waals surface area contributed by atoms with Gasteiger partial charge in [0.1, 0.15) is 0 Å². The van der Waals surface area contributed by atoms with Crippen molar-refractivity contribution < 1.29 is 4.79 Å². The van der Waals surface area contributed by atoms with E-state index in [1.807, 2.05) is 28.9 Å². The third-order valence-corrected chi connectivity index (χ3v) is 5.59. The fourth-order valence-electron chi connectivity index (χ4n) is 3.95. The van der Waals surface area contributed by atoms with Crippen molar-refractivity contribution >= 4 is 17.1 Å². The summed E-state index contributed by atoms with van der Waals surface area (Å²) in [7, 11) is 0. The highest BCUT2D eigenvalue weighted by atomic mass is 16.1. The molecular formula is C21H24N4O. The van der Waals surface area contributed by atoms with Crippen LogP contribution in [0.1, 0.15) is 43.5 Å². The van der Waals surface area contributed by atoms with Gasteiger partial charge in [-0.25, -0.2) is 4.52 Å². The summed E-state index contributed by atoms with van der Waals surface area (Å²) in [5.41, 5.74) is 10.1. The number of benzene rings is 1. The summed E-state index contributed by atoms with van der Waals surface area (Å²) in [5.74, 6) is -0.458. The van der Waals surface area contributed by atoms with E-state index >= 15 is 0 Å². The predicted molar refractivity (Wildman–Crippen MR) is 104 cm³/mol. The van der Waals surface area contributed by atoms with Gasteiger partial charge in [0.05, 0.1) is 23.0 Å². The number of rotatable bonds is 4. The lowest BCUT2D eigenvalue weighted by Gasteiger charge is -2.29. The van der Waals surface area contributed by atoms with Gasteiger partial charge >= 0.3 is 0 Å². The molecule has 3 aromatic rings. The van der Waals surface area contributed by atoms with Crippen LogP contribution in [0, 0.1) is 5.41 Å². The molecule has 1 fully saturated rings. The summed E-state index contributed by atoms with van der Waals surface area (Å²) in [6.07, 6.45) is 7.00. The van der Waals surface area contributed by atoms with Crippen molar-refractivity contribution in [1.82, 2.24) is 9.61 Å². The summed E-state index contributed by atoms with van der Waals surface area (Å²) in [5, 5.41) is 8.02. The van der Waals surface area contributed by atoms with Crippen molar-refractivity contribution in [3.63, 3.8) is 0 Å². The topological polar surface area (TPSA) is 72.4 Å². The minimum Gasteiger partial charge on any atom is -0.379 e. The molecule has 1 aliphatic rings. The molecule has 3 N–H and O–H groups in total. The molecular weight excluding hydrogens is 324 g/mol. The molecule has 0 saturated heterocycles. The summed E-state index contributed by atoms with van der Waals surface area (Å²) in [6.45, 7) is 4.54. The van der Waals surface area contributed by atoms with Crippen LogP contribution in [-0.2, 0) is 0 Å². The van der Waals surface area contributed by atoms with Crippen LogP contribution in [0.3, 0.4) is 0 Å². The van der Waals surface area contributed by atoms with Crippen molar-refractivity contribution in [2.75, 3.05) is 5.32 Å². The lowest BCUT2D eigenvalue weighted by atomic mass is 9.87. The Labute approximate surface area is 153 Å². The smallest absolute Gasteiger partial charge is 0.252 e. The highest BCUT2D eigenvalue weighted by molar-refractivity contribution is 6.02. The van der Waals surface area contributed by atoms with Crippen molar-refractivity contribution in [2.45, 2.75) is 39.2 Å². The average Bonchev–Trinajstić information content (AvgIpc) is 3.19. The van der Waals surface area contributed by atoms with Crippen molar-refractivity contribution in [2.24, 2.45) is 11.1 Å². The first-order chi connectivity index (χ1) is 12.5. The Balaban J connectivity index is 1.84. The largest absolute Gasteiger partial charge is 0.379 e. The standard InChI is InChI=1S/C21H24N4O/c1-21(2)10-6-9-18(21)24-19-16(20(22)26)12-23-25-13-15(11-17(19)25)14-7-4-3-5-8-14/h3-5,7-8,11-13,18,24H,6,9-10H2,1-2H3,(H2,22,26). The third kappa shape index (κ3) is 2.83. The van der Waals surface area contributed by atoms with Crippen LogP contribution in [-0.4, -0.2) is 21.6 Å². The zero-order valence-corrected chi connectivity index (χ0v) is 15.2. The van der Waals surface area contributed by atoms with Gasteiger partial charge in [-0.3, -0.25) is 4.79 Å². The second kappa shape index (κ2) is 6.16. The van der Waals surface area contributed by atoms with E-state index in [1.165, 1.54) is 12.8 Å². The predicted octanol–water partition coefficient (Wildman–Crippen LogP) is 4.09. The number of carbonyl (C=O) groups is 1. The molecule has 1 atom stereocenters. The molecule has 4 rings (SSSR count). The minimum atomic E-state index is -0.458. The van der Waals surface area contributed by atoms with Gasteiger partial charge in [0.25, 0.3) is 5.91 Å². The molecule has 2 heterocycles. The number of amides is 1. The van der Waals surface area contributed by atoms with E-state index in [0.29, 0.717) is 11.6 Å². The first-order valence-corrected chi connectivity index (χ1v) is 9.09. The maximum absolute atomic E-state index is 12.0. The molecule has 5 nitrogen and oxygen atoms in total. The maximum atomic E-state index is 12.0. The van der Waals surface area contributed by atoms with E-state index in [2.05, 4.69) is 42.5 Å². The van der Waals surface area contributed by atoms with Gasteiger partial charge in [-0.2, -0.15) is 5.10 Å². The first kappa shape index (κ1) is 16.6. The third-order valence-electron chi connectivity index (χ3n) is 5.59. The molecule has 1 amide bonds. The molecule has 0 radical (unpaired) electrons. The van der Waals surface area contributed by atoms with Gasteiger partial charge in [-0.05, 0) is 29.9 Å². The Morgan fingerprint density at radius 2 is 2.04 bits per heavy atom. The van der Waals surface area contributed by atoms with Gasteiger partial charge in [-0.15, -0.1) is 0 Å². The molecule has 5 heteroatoms. The Hall–Kier alpha value is -2.82. The molecule has 1 saturated carbocycles. The molecule has 134 valence electrons. The number of aromatic nitrogens is 2. The molecule has 1 aromatic carbocycles. The summed E-state index contributed by atoms with van der Waals surface area (Å²) < 4.78 is 1.82. The fraction of sp³-hybridized carbons (Fsp3) is 0.333. The zero-order chi connectivity index (χ0) is 18.3. The highest BCUT2D eigenvalue weighted by Gasteiger charge is 2.35. The monoisotopic (exact) mass is 348 g/mol. The van der Waals surface area contributed by atoms with Crippen molar-refractivity contribution in [3.8, 4) is 11.1 Å². The molecule has 26 heavy (non-hydrogen) atoms. The Morgan fingerprint density at radius 1 is 1.27 bits per heavy atom. The number of anilines is 1. The SMILES string of the molecule is CC1(C)CCCC1Nc1c(C(N)=O)cnn2cc(-c3ccccc3)cc12. The average molecular weight is 348 g/mol. The van der Waals surface area contributed by atoms with E-state index in [-0.39, 0.29) is 5.41 Å². The normalized spacial score (nSPS) is 18.9. The summed E-state index contributed by atoms with van der Waals surface area (Å²) >= 11 is 0. The number of nitrogens with zero attached hydrogens (tertiary/aromatic N) is 2. The molecule has 0 spiro atoms. The van der Waals surface area contributed by atoms with E-state index in [9.17, 15) is 4.79 Å². The second-order valence-corrected chi connectivity index (χ2v) is 7.80. The van der Waals surface area contributed by atoms with E-state index in [1.54, 1.807) is 6.20 Å². The van der Waals surface area contributed by atoms with Crippen molar-refractivity contribution in [3.05, 3.63) is 54.4 Å². The number of hydrogen-bond donors (Lipinski definition) is 2. The zero-order valence-electron chi connectivity index (χ0n) is 15.2. The molecule has 0 bridgehead atoms. The summed E-state index contributed by atoms with van der Waals surface area (Å²) in [4.78, 5) is 12.0. The molecule has 1 aliphatic carbocycles.